The largest absolute Gasteiger partial charge is 0.382 e. The Kier molecular flexibility index (Phi) is 15.5. The van der Waals surface area contributed by atoms with Crippen LogP contribution < -0.4 is 55.7 Å². The third-order valence-electron chi connectivity index (χ3n) is 6.95. The molecule has 0 bridgehead atoms. The summed E-state index contributed by atoms with van der Waals surface area (Å²) in [7, 11) is 0. The molecule has 0 saturated carbocycles. The number of rotatable bonds is 16. The number of aliphatic imine (C=N–C) groups is 2. The molecule has 0 aliphatic carbocycles. The van der Waals surface area contributed by atoms with Crippen molar-refractivity contribution in [1.29, 1.82) is 0 Å². The molecule has 2 heterocycles. The first-order valence-electron chi connectivity index (χ1n) is 15.8. The molecule has 3 aromatic rings. The van der Waals surface area contributed by atoms with Gasteiger partial charge in [0.15, 0.2) is 56.9 Å². The number of nitrogen functional groups attached to an aromatic ring is 4. The van der Waals surface area contributed by atoms with Gasteiger partial charge in [-0.1, -0.05) is 53.5 Å². The molecule has 1 atom stereocenters. The molecule has 20 nitrogen and oxygen atoms in total. The second-order valence-electron chi connectivity index (χ2n) is 11.0. The van der Waals surface area contributed by atoms with Crippen molar-refractivity contribution >= 4 is 82.0 Å². The molecule has 1 aromatic carbocycles. The molecule has 4 amide bonds. The monoisotopic (exact) mass is 758 g/mol. The van der Waals surface area contributed by atoms with E-state index in [0.29, 0.717) is 32.2 Å². The van der Waals surface area contributed by atoms with Crippen LogP contribution >= 0.6 is 23.2 Å². The fourth-order valence-electron chi connectivity index (χ4n) is 4.35. The molecule has 52 heavy (non-hydrogen) atoms. The number of carbonyl (C=O) groups is 4. The summed E-state index contributed by atoms with van der Waals surface area (Å²) in [5.41, 5.74) is 34.4. The Labute approximate surface area is 308 Å². The lowest BCUT2D eigenvalue weighted by Gasteiger charge is -2.18. The van der Waals surface area contributed by atoms with E-state index in [1.807, 2.05) is 30.3 Å². The Morgan fingerprint density at radius 3 is 1.77 bits per heavy atom. The van der Waals surface area contributed by atoms with Crippen LogP contribution in [0, 0.1) is 0 Å². The van der Waals surface area contributed by atoms with Gasteiger partial charge in [0.05, 0.1) is 0 Å². The zero-order valence-electron chi connectivity index (χ0n) is 27.9. The summed E-state index contributed by atoms with van der Waals surface area (Å²) < 4.78 is 0. The lowest BCUT2D eigenvalue weighted by atomic mass is 10.0. The van der Waals surface area contributed by atoms with Gasteiger partial charge in [0.1, 0.15) is 6.04 Å². The number of hydrogen-bond acceptors (Lipinski definition) is 14. The van der Waals surface area contributed by atoms with Crippen molar-refractivity contribution in [1.82, 2.24) is 41.2 Å². The van der Waals surface area contributed by atoms with Crippen LogP contribution in [0.25, 0.3) is 0 Å². The fourth-order valence-corrected chi connectivity index (χ4v) is 4.60. The van der Waals surface area contributed by atoms with E-state index in [0.717, 1.165) is 5.56 Å². The number of nitrogens with zero attached hydrogens (tertiary/aromatic N) is 6. The zero-order chi connectivity index (χ0) is 38.2. The highest BCUT2D eigenvalue weighted by atomic mass is 35.5. The molecular formula is C30H40Cl2N16O4. The van der Waals surface area contributed by atoms with Crippen molar-refractivity contribution in [3.05, 3.63) is 57.6 Å². The summed E-state index contributed by atoms with van der Waals surface area (Å²) in [5, 5.41) is 9.91. The molecule has 0 aliphatic rings. The molecule has 3 rings (SSSR count). The van der Waals surface area contributed by atoms with Crippen LogP contribution in [0.5, 0.6) is 0 Å². The molecule has 2 aromatic heterocycles. The van der Waals surface area contributed by atoms with E-state index >= 15 is 0 Å². The number of carbonyl (C=O) groups excluding carboxylic acids is 4. The Hall–Kier alpha value is -6.02. The van der Waals surface area contributed by atoms with Gasteiger partial charge in [-0.25, -0.2) is 19.9 Å². The van der Waals surface area contributed by atoms with Crippen LogP contribution in [-0.4, -0.2) is 81.2 Å². The van der Waals surface area contributed by atoms with Gasteiger partial charge in [0.25, 0.3) is 11.8 Å². The lowest BCUT2D eigenvalue weighted by molar-refractivity contribution is -0.129. The van der Waals surface area contributed by atoms with Gasteiger partial charge in [0.2, 0.25) is 11.8 Å². The minimum Gasteiger partial charge on any atom is -0.382 e. The van der Waals surface area contributed by atoms with Crippen LogP contribution in [0.2, 0.25) is 10.3 Å². The summed E-state index contributed by atoms with van der Waals surface area (Å²) in [6, 6.07) is 8.73. The van der Waals surface area contributed by atoms with E-state index in [1.54, 1.807) is 0 Å². The van der Waals surface area contributed by atoms with Gasteiger partial charge in [-0.3, -0.25) is 39.8 Å². The van der Waals surface area contributed by atoms with Crippen molar-refractivity contribution < 1.29 is 19.2 Å². The second-order valence-corrected chi connectivity index (χ2v) is 11.7. The number of nitrogens with one attached hydrogen (secondary N) is 4. The first-order valence-corrected chi connectivity index (χ1v) is 16.5. The lowest BCUT2D eigenvalue weighted by Crippen LogP contribution is -2.47. The number of amides is 4. The molecule has 0 unspecified atom stereocenters. The molecule has 0 saturated heterocycles. The number of hydrogen-bond donors (Lipinski definition) is 10. The van der Waals surface area contributed by atoms with Crippen molar-refractivity contribution in [3.63, 3.8) is 0 Å². The summed E-state index contributed by atoms with van der Waals surface area (Å²) >= 11 is 11.6. The van der Waals surface area contributed by atoms with Crippen LogP contribution in [0.3, 0.4) is 0 Å². The summed E-state index contributed by atoms with van der Waals surface area (Å²) in [4.78, 5) is 73.8. The summed E-state index contributed by atoms with van der Waals surface area (Å²) in [5.74, 6) is -3.38. The highest BCUT2D eigenvalue weighted by Crippen LogP contribution is 2.18. The molecule has 0 aliphatic heterocycles. The topological polar surface area (TPSA) is 349 Å². The Morgan fingerprint density at radius 1 is 0.712 bits per heavy atom. The summed E-state index contributed by atoms with van der Waals surface area (Å²) in [6.07, 6.45) is 2.26. The number of aromatic nitrogens is 4. The number of halogens is 2. The van der Waals surface area contributed by atoms with E-state index in [4.69, 9.17) is 57.6 Å². The van der Waals surface area contributed by atoms with Crippen LogP contribution in [-0.2, 0) is 16.0 Å². The third kappa shape index (κ3) is 13.0. The maximum absolute atomic E-state index is 13.1. The average molecular weight is 760 g/mol. The SMILES string of the molecule is NC(=NCCCCNC(=O)[C@H](CCc1ccccc1)NC(=O)CCCN=C(N)NC(=O)c1nc(Cl)c(N)nc1N)NC(=O)c1nc(Cl)c(N)nc1N. The molecule has 0 spiro atoms. The predicted octanol–water partition coefficient (Wildman–Crippen LogP) is -0.514. The molecular weight excluding hydrogens is 719 g/mol. The first-order chi connectivity index (χ1) is 24.7. The molecule has 0 fully saturated rings. The molecule has 16 N–H and O–H groups in total. The van der Waals surface area contributed by atoms with Crippen molar-refractivity contribution in [2.75, 3.05) is 42.6 Å². The maximum atomic E-state index is 13.1. The highest BCUT2D eigenvalue weighted by molar-refractivity contribution is 6.32. The van der Waals surface area contributed by atoms with E-state index in [9.17, 15) is 19.2 Å². The molecule has 0 radical (unpaired) electrons. The van der Waals surface area contributed by atoms with E-state index in [1.165, 1.54) is 0 Å². The van der Waals surface area contributed by atoms with Crippen molar-refractivity contribution in [3.8, 4) is 0 Å². The zero-order valence-corrected chi connectivity index (χ0v) is 29.4. The van der Waals surface area contributed by atoms with E-state index in [-0.39, 0.29) is 94.6 Å². The minimum atomic E-state index is -0.805. The minimum absolute atomic E-state index is 0.0341. The Balaban J connectivity index is 1.44. The Morgan fingerprint density at radius 2 is 1.23 bits per heavy atom. The van der Waals surface area contributed by atoms with Gasteiger partial charge in [-0.15, -0.1) is 0 Å². The normalized spacial score (nSPS) is 12.1. The number of unbranched alkanes of at least 4 members (excludes halogenated alkanes) is 1. The fraction of sp³-hybridized carbons (Fsp3) is 0.333. The van der Waals surface area contributed by atoms with Gasteiger partial charge >= 0.3 is 0 Å². The van der Waals surface area contributed by atoms with Gasteiger partial charge in [-0.2, -0.15) is 0 Å². The number of aryl methyl sites for hydroxylation is 1. The van der Waals surface area contributed by atoms with Crippen LogP contribution in [0.1, 0.15) is 58.6 Å². The number of anilines is 4. The van der Waals surface area contributed by atoms with Crippen LogP contribution in [0.15, 0.2) is 40.3 Å². The van der Waals surface area contributed by atoms with Crippen molar-refractivity contribution in [2.24, 2.45) is 21.5 Å². The number of guanidine groups is 2. The highest BCUT2D eigenvalue weighted by Gasteiger charge is 2.21. The summed E-state index contributed by atoms with van der Waals surface area (Å²) in [6.45, 7) is 0.640. The standard InChI is InChI=1S/C30H40Cl2N16O4/c31-20-24(35)45-22(33)18(43-20)27(51)47-29(37)40-13-5-4-12-39-26(50)16(11-10-15-7-2-1-3-8-15)42-17(49)9-6-14-41-30(38)48-28(52)19-23(34)46-25(36)21(32)44-19/h1-3,7-8,16H,4-6,9-14H2,(H,39,50)(H,42,49)(H4,33,35,45)(H4,34,36,46)(H3,37,40,47,51)(H3,38,41,48,52)/t16-/m0/s1. The van der Waals surface area contributed by atoms with Gasteiger partial charge in [-0.05, 0) is 37.7 Å². The predicted molar refractivity (Wildman–Crippen MR) is 198 cm³/mol. The number of benzene rings is 1. The van der Waals surface area contributed by atoms with Gasteiger partial charge < -0.3 is 45.0 Å². The molecule has 22 heteroatoms. The molecule has 278 valence electrons. The first kappa shape index (κ1) is 40.4. The van der Waals surface area contributed by atoms with Crippen molar-refractivity contribution in [2.45, 2.75) is 44.6 Å². The third-order valence-corrected chi connectivity index (χ3v) is 7.51. The van der Waals surface area contributed by atoms with Crippen LogP contribution in [0.4, 0.5) is 23.3 Å². The number of nitrogens with two attached hydrogens (primary N) is 6. The van der Waals surface area contributed by atoms with E-state index in [2.05, 4.69) is 51.2 Å². The van der Waals surface area contributed by atoms with Gasteiger partial charge in [0, 0.05) is 26.1 Å². The second kappa shape index (κ2) is 20.0. The maximum Gasteiger partial charge on any atom is 0.280 e. The quantitative estimate of drug-likeness (QED) is 0.0500. The smallest absolute Gasteiger partial charge is 0.280 e. The average Bonchev–Trinajstić information content (AvgIpc) is 3.09. The van der Waals surface area contributed by atoms with E-state index < -0.39 is 17.9 Å². The Bertz CT molecular complexity index is 1810.